The van der Waals surface area contributed by atoms with Gasteiger partial charge in [0.05, 0.1) is 17.6 Å². The van der Waals surface area contributed by atoms with E-state index in [1.807, 2.05) is 6.92 Å². The van der Waals surface area contributed by atoms with Crippen LogP contribution in [0, 0.1) is 24.2 Å². The van der Waals surface area contributed by atoms with Gasteiger partial charge in [-0.15, -0.1) is 0 Å². The number of anilines is 1. The van der Waals surface area contributed by atoms with E-state index in [1.54, 1.807) is 24.8 Å². The fourth-order valence-corrected chi connectivity index (χ4v) is 1.86. The van der Waals surface area contributed by atoms with E-state index in [0.29, 0.717) is 24.3 Å². The molecule has 2 N–H and O–H groups in total. The molecular formula is C15H19N3O3. The number of nitriles is 1. The number of urea groups is 1. The number of aryl methyl sites for hydroxylation is 1. The molecule has 112 valence electrons. The second-order valence-corrected chi connectivity index (χ2v) is 4.83. The first-order valence-electron chi connectivity index (χ1n) is 6.68. The van der Waals surface area contributed by atoms with Gasteiger partial charge in [0.25, 0.3) is 0 Å². The lowest BCUT2D eigenvalue weighted by molar-refractivity contribution is 0.0697. The lowest BCUT2D eigenvalue weighted by atomic mass is 10.1. The number of carbonyl (C=O) groups excluding carboxylic acids is 1. The fourth-order valence-electron chi connectivity index (χ4n) is 1.86. The predicted molar refractivity (Wildman–Crippen MR) is 79.2 cm³/mol. The summed E-state index contributed by atoms with van der Waals surface area (Å²) >= 11 is 0. The SMILES string of the molecule is CCN(CC(C)C#N)C(=O)Nc1ccc(C(=O)O)cc1C. The Morgan fingerprint density at radius 1 is 1.48 bits per heavy atom. The molecule has 0 heterocycles. The maximum absolute atomic E-state index is 12.2. The van der Waals surface area contributed by atoms with E-state index in [1.165, 1.54) is 12.1 Å². The summed E-state index contributed by atoms with van der Waals surface area (Å²) in [6.45, 7) is 6.17. The number of hydrogen-bond acceptors (Lipinski definition) is 3. The van der Waals surface area contributed by atoms with E-state index >= 15 is 0 Å². The number of nitrogens with one attached hydrogen (secondary N) is 1. The molecule has 0 aliphatic rings. The Bertz CT molecular complexity index is 578. The van der Waals surface area contributed by atoms with Gasteiger partial charge in [0, 0.05) is 18.8 Å². The smallest absolute Gasteiger partial charge is 0.335 e. The van der Waals surface area contributed by atoms with Gasteiger partial charge in [-0.25, -0.2) is 9.59 Å². The number of carbonyl (C=O) groups is 2. The van der Waals surface area contributed by atoms with Gasteiger partial charge in [0.1, 0.15) is 0 Å². The standard InChI is InChI=1S/C15H19N3O3/c1-4-18(9-10(2)8-16)15(21)17-13-6-5-12(14(19)20)7-11(13)3/h5-7,10H,4,9H2,1-3H3,(H,17,21)(H,19,20). The Morgan fingerprint density at radius 2 is 2.14 bits per heavy atom. The highest BCUT2D eigenvalue weighted by Gasteiger charge is 2.16. The highest BCUT2D eigenvalue weighted by Crippen LogP contribution is 2.17. The average molecular weight is 289 g/mol. The summed E-state index contributed by atoms with van der Waals surface area (Å²) in [5.41, 5.74) is 1.41. The summed E-state index contributed by atoms with van der Waals surface area (Å²) in [7, 11) is 0. The molecule has 0 bridgehead atoms. The maximum atomic E-state index is 12.2. The third kappa shape index (κ3) is 4.49. The average Bonchev–Trinajstić information content (AvgIpc) is 2.46. The van der Waals surface area contributed by atoms with Crippen LogP contribution in [0.1, 0.15) is 29.8 Å². The summed E-state index contributed by atoms with van der Waals surface area (Å²) in [6, 6.07) is 6.31. The van der Waals surface area contributed by atoms with E-state index in [-0.39, 0.29) is 17.5 Å². The predicted octanol–water partition coefficient (Wildman–Crippen LogP) is 2.71. The van der Waals surface area contributed by atoms with Crippen LogP contribution in [0.15, 0.2) is 18.2 Å². The fraction of sp³-hybridized carbons (Fsp3) is 0.400. The molecule has 0 aromatic heterocycles. The Labute approximate surface area is 124 Å². The van der Waals surface area contributed by atoms with Gasteiger partial charge in [-0.2, -0.15) is 5.26 Å². The second-order valence-electron chi connectivity index (χ2n) is 4.83. The lowest BCUT2D eigenvalue weighted by Gasteiger charge is -2.23. The summed E-state index contributed by atoms with van der Waals surface area (Å²) < 4.78 is 0. The van der Waals surface area contributed by atoms with Crippen LogP contribution >= 0.6 is 0 Å². The second kappa shape index (κ2) is 7.29. The van der Waals surface area contributed by atoms with Crippen molar-refractivity contribution in [2.75, 3.05) is 18.4 Å². The Kier molecular flexibility index (Phi) is 5.73. The Balaban J connectivity index is 2.82. The quantitative estimate of drug-likeness (QED) is 0.871. The number of amides is 2. The minimum absolute atomic E-state index is 0.177. The molecule has 6 heteroatoms. The van der Waals surface area contributed by atoms with Crippen molar-refractivity contribution in [2.24, 2.45) is 5.92 Å². The van der Waals surface area contributed by atoms with Crippen molar-refractivity contribution in [3.8, 4) is 6.07 Å². The molecule has 0 aliphatic carbocycles. The van der Waals surface area contributed by atoms with Gasteiger partial charge in [0.15, 0.2) is 0 Å². The van der Waals surface area contributed by atoms with Crippen molar-refractivity contribution < 1.29 is 14.7 Å². The maximum Gasteiger partial charge on any atom is 0.335 e. The number of aromatic carboxylic acids is 1. The van der Waals surface area contributed by atoms with E-state index in [9.17, 15) is 9.59 Å². The van der Waals surface area contributed by atoms with Gasteiger partial charge >= 0.3 is 12.0 Å². The number of rotatable bonds is 5. The third-order valence-electron chi connectivity index (χ3n) is 3.10. The van der Waals surface area contributed by atoms with Crippen molar-refractivity contribution in [3.63, 3.8) is 0 Å². The van der Waals surface area contributed by atoms with E-state index in [0.717, 1.165) is 0 Å². The van der Waals surface area contributed by atoms with Crippen LogP contribution in [0.2, 0.25) is 0 Å². The molecule has 6 nitrogen and oxygen atoms in total. The van der Waals surface area contributed by atoms with Crippen molar-refractivity contribution >= 4 is 17.7 Å². The molecule has 21 heavy (non-hydrogen) atoms. The third-order valence-corrected chi connectivity index (χ3v) is 3.10. The highest BCUT2D eigenvalue weighted by atomic mass is 16.4. The molecule has 1 unspecified atom stereocenters. The van der Waals surface area contributed by atoms with Crippen LogP contribution in [0.25, 0.3) is 0 Å². The molecule has 1 aromatic rings. The monoisotopic (exact) mass is 289 g/mol. The first kappa shape index (κ1) is 16.5. The van der Waals surface area contributed by atoms with Gasteiger partial charge in [-0.1, -0.05) is 0 Å². The molecule has 0 aliphatic heterocycles. The van der Waals surface area contributed by atoms with Crippen LogP contribution in [-0.4, -0.2) is 35.1 Å². The first-order valence-corrected chi connectivity index (χ1v) is 6.68. The minimum Gasteiger partial charge on any atom is -0.478 e. The zero-order chi connectivity index (χ0) is 16.0. The van der Waals surface area contributed by atoms with Gasteiger partial charge in [-0.05, 0) is 44.5 Å². The number of nitrogens with zero attached hydrogens (tertiary/aromatic N) is 2. The number of carboxylic acids is 1. The molecule has 1 rings (SSSR count). The van der Waals surface area contributed by atoms with Crippen molar-refractivity contribution in [1.82, 2.24) is 4.90 Å². The zero-order valence-electron chi connectivity index (χ0n) is 12.4. The number of hydrogen-bond donors (Lipinski definition) is 2. The van der Waals surface area contributed by atoms with Gasteiger partial charge < -0.3 is 15.3 Å². The van der Waals surface area contributed by atoms with Crippen molar-refractivity contribution in [1.29, 1.82) is 5.26 Å². The van der Waals surface area contributed by atoms with Crippen LogP contribution in [-0.2, 0) is 0 Å². The molecule has 0 radical (unpaired) electrons. The molecule has 2 amide bonds. The van der Waals surface area contributed by atoms with Crippen molar-refractivity contribution in [3.05, 3.63) is 29.3 Å². The molecule has 0 spiro atoms. The molecule has 0 saturated heterocycles. The molecule has 0 saturated carbocycles. The van der Waals surface area contributed by atoms with E-state index in [4.69, 9.17) is 10.4 Å². The van der Waals surface area contributed by atoms with E-state index < -0.39 is 5.97 Å². The highest BCUT2D eigenvalue weighted by molar-refractivity contribution is 5.92. The van der Waals surface area contributed by atoms with Crippen molar-refractivity contribution in [2.45, 2.75) is 20.8 Å². The minimum atomic E-state index is -1.01. The lowest BCUT2D eigenvalue weighted by Crippen LogP contribution is -2.37. The van der Waals surface area contributed by atoms with Gasteiger partial charge in [0.2, 0.25) is 0 Å². The largest absolute Gasteiger partial charge is 0.478 e. The van der Waals surface area contributed by atoms with Gasteiger partial charge in [-0.3, -0.25) is 0 Å². The molecule has 0 fully saturated rings. The van der Waals surface area contributed by atoms with Crippen LogP contribution < -0.4 is 5.32 Å². The van der Waals surface area contributed by atoms with E-state index in [2.05, 4.69) is 11.4 Å². The molecule has 1 aromatic carbocycles. The molecule has 1 atom stereocenters. The summed E-state index contributed by atoms with van der Waals surface area (Å²) in [4.78, 5) is 24.6. The topological polar surface area (TPSA) is 93.4 Å². The summed E-state index contributed by atoms with van der Waals surface area (Å²) in [5.74, 6) is -1.25. The summed E-state index contributed by atoms with van der Waals surface area (Å²) in [6.07, 6.45) is 0. The molecular weight excluding hydrogens is 270 g/mol. The summed E-state index contributed by atoms with van der Waals surface area (Å²) in [5, 5.41) is 20.5. The normalized spacial score (nSPS) is 11.3. The van der Waals surface area contributed by atoms with Crippen LogP contribution in [0.4, 0.5) is 10.5 Å². The Hall–Kier alpha value is -2.55. The van der Waals surface area contributed by atoms with Crippen LogP contribution in [0.3, 0.4) is 0 Å². The zero-order valence-corrected chi connectivity index (χ0v) is 12.4. The van der Waals surface area contributed by atoms with Crippen LogP contribution in [0.5, 0.6) is 0 Å². The number of carboxylic acid groups (broad SMARTS) is 1. The first-order chi connectivity index (χ1) is 9.88. The number of benzene rings is 1. The Morgan fingerprint density at radius 3 is 2.62 bits per heavy atom.